The maximum atomic E-state index is 13.1. The number of aryl methyl sites for hydroxylation is 1. The molecule has 2 unspecified atom stereocenters. The van der Waals surface area contributed by atoms with E-state index in [0.29, 0.717) is 42.2 Å². The Kier molecular flexibility index (Phi) is 4.57. The van der Waals surface area contributed by atoms with Crippen molar-refractivity contribution < 1.29 is 13.5 Å². The number of fused-ring (bicyclic) bond motifs is 1. The number of nitrogens with zero attached hydrogens (tertiary/aromatic N) is 3. The summed E-state index contributed by atoms with van der Waals surface area (Å²) in [6.45, 7) is -0.764. The van der Waals surface area contributed by atoms with Crippen molar-refractivity contribution in [2.75, 3.05) is 10.6 Å². The van der Waals surface area contributed by atoms with Gasteiger partial charge in [0.1, 0.15) is 11.6 Å². The largest absolute Gasteiger partial charge is 0.366 e. The number of nitrogens with one attached hydrogen (secondary N) is 3. The minimum Gasteiger partial charge on any atom is -0.366 e. The quantitative estimate of drug-likeness (QED) is 0.500. The number of H-pyrrole nitrogens is 1. The van der Waals surface area contributed by atoms with Crippen LogP contribution in [-0.2, 0) is 4.74 Å². The number of hydrogen-bond donors (Lipinski definition) is 3. The number of anilines is 3. The van der Waals surface area contributed by atoms with Gasteiger partial charge in [-0.25, -0.2) is 4.98 Å². The lowest BCUT2D eigenvalue weighted by molar-refractivity contribution is -0.258. The van der Waals surface area contributed by atoms with Crippen LogP contribution in [0.25, 0.3) is 10.9 Å². The third kappa shape index (κ3) is 3.48. The van der Waals surface area contributed by atoms with Crippen molar-refractivity contribution in [2.45, 2.75) is 57.3 Å². The first-order chi connectivity index (χ1) is 15.5. The monoisotopic (exact) mass is 440 g/mol. The molecule has 3 aromatic rings. The van der Waals surface area contributed by atoms with E-state index in [0.717, 1.165) is 41.7 Å². The normalized spacial score (nSPS) is 30.9. The van der Waals surface area contributed by atoms with Gasteiger partial charge >= 0.3 is 6.61 Å². The average molecular weight is 440 g/mol. The fourth-order valence-electron chi connectivity index (χ4n) is 6.54. The molecule has 7 nitrogen and oxygen atoms in total. The topological polar surface area (TPSA) is 87.8 Å². The predicted molar refractivity (Wildman–Crippen MR) is 117 cm³/mol. The number of aromatic nitrogens is 4. The number of alkyl halides is 2. The van der Waals surface area contributed by atoms with Crippen LogP contribution in [0.2, 0.25) is 0 Å². The molecule has 0 radical (unpaired) electrons. The van der Waals surface area contributed by atoms with Gasteiger partial charge in [0.05, 0.1) is 11.1 Å². The molecule has 4 fully saturated rings. The van der Waals surface area contributed by atoms with Crippen LogP contribution in [0.4, 0.5) is 26.2 Å². The van der Waals surface area contributed by atoms with Crippen LogP contribution in [0, 0.1) is 24.7 Å². The number of rotatable bonds is 6. The van der Waals surface area contributed by atoms with Crippen molar-refractivity contribution in [3.8, 4) is 0 Å². The van der Waals surface area contributed by atoms with Crippen LogP contribution in [0.15, 0.2) is 30.5 Å². The lowest BCUT2D eigenvalue weighted by Crippen LogP contribution is -2.60. The first-order valence-corrected chi connectivity index (χ1v) is 11.2. The Labute approximate surface area is 184 Å². The molecule has 4 saturated carbocycles. The van der Waals surface area contributed by atoms with Crippen molar-refractivity contribution in [2.24, 2.45) is 17.8 Å². The molecule has 0 aliphatic heterocycles. The third-order valence-electron chi connectivity index (χ3n) is 7.42. The molecule has 0 amide bonds. The molecule has 168 valence electrons. The van der Waals surface area contributed by atoms with Crippen LogP contribution in [0.5, 0.6) is 0 Å². The van der Waals surface area contributed by atoms with E-state index in [1.54, 1.807) is 6.20 Å². The highest BCUT2D eigenvalue weighted by atomic mass is 19.3. The Morgan fingerprint density at radius 2 is 1.97 bits per heavy atom. The molecule has 0 saturated heterocycles. The van der Waals surface area contributed by atoms with E-state index in [1.165, 1.54) is 0 Å². The minimum absolute atomic E-state index is 0.194. The van der Waals surface area contributed by atoms with E-state index >= 15 is 0 Å². The highest BCUT2D eigenvalue weighted by molar-refractivity contribution is 5.91. The minimum atomic E-state index is -2.71. The van der Waals surface area contributed by atoms with Crippen LogP contribution in [0.3, 0.4) is 0 Å². The molecule has 2 atom stereocenters. The van der Waals surface area contributed by atoms with Gasteiger partial charge in [-0.05, 0) is 68.9 Å². The van der Waals surface area contributed by atoms with Gasteiger partial charge in [0.2, 0.25) is 0 Å². The summed E-state index contributed by atoms with van der Waals surface area (Å²) in [7, 11) is 0. The Morgan fingerprint density at radius 1 is 1.16 bits per heavy atom. The summed E-state index contributed by atoms with van der Waals surface area (Å²) in [5, 5.41) is 15.1. The summed E-state index contributed by atoms with van der Waals surface area (Å²) in [6.07, 6.45) is 6.02. The molecule has 9 heteroatoms. The molecule has 0 aromatic carbocycles. The van der Waals surface area contributed by atoms with Gasteiger partial charge in [-0.15, -0.1) is 0 Å². The van der Waals surface area contributed by atoms with Gasteiger partial charge in [0, 0.05) is 35.5 Å². The first kappa shape index (κ1) is 19.8. The van der Waals surface area contributed by atoms with E-state index in [9.17, 15) is 8.78 Å². The van der Waals surface area contributed by atoms with Crippen molar-refractivity contribution in [1.29, 1.82) is 0 Å². The molecule has 4 aliphatic rings. The van der Waals surface area contributed by atoms with Gasteiger partial charge in [0.15, 0.2) is 5.82 Å². The highest BCUT2D eigenvalue weighted by Crippen LogP contribution is 2.58. The maximum absolute atomic E-state index is 13.1. The zero-order valence-electron chi connectivity index (χ0n) is 17.8. The summed E-state index contributed by atoms with van der Waals surface area (Å²) < 4.78 is 31.4. The zero-order chi connectivity index (χ0) is 21.9. The van der Waals surface area contributed by atoms with E-state index in [4.69, 9.17) is 9.72 Å². The fourth-order valence-corrected chi connectivity index (χ4v) is 6.54. The lowest BCUT2D eigenvalue weighted by atomic mass is 9.52. The molecule has 32 heavy (non-hydrogen) atoms. The zero-order valence-corrected chi connectivity index (χ0v) is 17.8. The maximum Gasteiger partial charge on any atom is 0.345 e. The Morgan fingerprint density at radius 3 is 2.69 bits per heavy atom. The van der Waals surface area contributed by atoms with E-state index < -0.39 is 12.2 Å². The molecule has 4 aliphatic carbocycles. The smallest absolute Gasteiger partial charge is 0.345 e. The lowest BCUT2D eigenvalue weighted by Gasteiger charge is -2.59. The number of aromatic amines is 1. The SMILES string of the molecule is Cc1cc(Nc2cc3ncccc3c(NC3C4CC5CC3CC(OC(F)F)(C5)C4)n2)n[nH]1. The number of ether oxygens (including phenoxy) is 1. The van der Waals surface area contributed by atoms with Gasteiger partial charge in [0.25, 0.3) is 0 Å². The molecular formula is C23H26F2N6O. The van der Waals surface area contributed by atoms with Gasteiger partial charge in [-0.1, -0.05) is 0 Å². The fraction of sp³-hybridized carbons (Fsp3) is 0.522. The molecule has 4 bridgehead atoms. The van der Waals surface area contributed by atoms with Gasteiger partial charge in [-0.2, -0.15) is 13.9 Å². The first-order valence-electron chi connectivity index (χ1n) is 11.2. The highest BCUT2D eigenvalue weighted by Gasteiger charge is 2.57. The van der Waals surface area contributed by atoms with Crippen molar-refractivity contribution in [1.82, 2.24) is 20.2 Å². The summed E-state index contributed by atoms with van der Waals surface area (Å²) in [5.74, 6) is 3.21. The van der Waals surface area contributed by atoms with E-state index in [2.05, 4.69) is 25.8 Å². The summed E-state index contributed by atoms with van der Waals surface area (Å²) in [4.78, 5) is 9.38. The standard InChI is InChI=1S/C23H26F2N6O/c1-12-5-19(31-30-12)27-18-8-17-16(3-2-4-26-17)21(28-18)29-20-14-6-13-7-15(20)11-23(9-13,10-14)32-22(24)25/h2-5,8,13-15,20,22H,6-7,9-11H2,1H3,(H3,27,28,29,30,31). The van der Waals surface area contributed by atoms with Crippen molar-refractivity contribution in [3.63, 3.8) is 0 Å². The molecule has 7 rings (SSSR count). The summed E-state index contributed by atoms with van der Waals surface area (Å²) in [6, 6.07) is 7.93. The predicted octanol–water partition coefficient (Wildman–Crippen LogP) is 5.00. The van der Waals surface area contributed by atoms with Crippen LogP contribution < -0.4 is 10.6 Å². The third-order valence-corrected chi connectivity index (χ3v) is 7.42. The summed E-state index contributed by atoms with van der Waals surface area (Å²) in [5.41, 5.74) is 1.14. The summed E-state index contributed by atoms with van der Waals surface area (Å²) >= 11 is 0. The number of halogens is 2. The molecule has 3 aromatic heterocycles. The Balaban J connectivity index is 1.31. The second-order valence-electron chi connectivity index (χ2n) is 9.69. The van der Waals surface area contributed by atoms with E-state index in [1.807, 2.05) is 31.2 Å². The number of hydrogen-bond acceptors (Lipinski definition) is 6. The van der Waals surface area contributed by atoms with Crippen molar-refractivity contribution in [3.05, 3.63) is 36.2 Å². The molecule has 3 heterocycles. The van der Waals surface area contributed by atoms with Crippen LogP contribution in [-0.4, -0.2) is 38.4 Å². The molecule has 3 N–H and O–H groups in total. The average Bonchev–Trinajstić information content (AvgIpc) is 3.13. The second-order valence-corrected chi connectivity index (χ2v) is 9.69. The molecular weight excluding hydrogens is 414 g/mol. The number of pyridine rings is 2. The van der Waals surface area contributed by atoms with E-state index in [-0.39, 0.29) is 6.04 Å². The van der Waals surface area contributed by atoms with Gasteiger partial charge in [-0.3, -0.25) is 10.1 Å². The Hall–Kier alpha value is -2.81. The van der Waals surface area contributed by atoms with Gasteiger partial charge < -0.3 is 15.4 Å². The van der Waals surface area contributed by atoms with Crippen LogP contribution in [0.1, 0.15) is 37.8 Å². The van der Waals surface area contributed by atoms with Crippen LogP contribution >= 0.6 is 0 Å². The molecule has 0 spiro atoms. The van der Waals surface area contributed by atoms with Crippen molar-refractivity contribution >= 4 is 28.4 Å². The Bertz CT molecular complexity index is 1130. The second kappa shape index (κ2) is 7.37.